The summed E-state index contributed by atoms with van der Waals surface area (Å²) in [5.41, 5.74) is 2.07. The van der Waals surface area contributed by atoms with Gasteiger partial charge in [-0.05, 0) is 43.6 Å². The largest absolute Gasteiger partial charge is 0.349 e. The predicted molar refractivity (Wildman–Crippen MR) is 85.6 cm³/mol. The number of carbonyl (C=O) groups excluding carboxylic acids is 1. The molecular formula is C17H22N4O. The Morgan fingerprint density at radius 1 is 1.32 bits per heavy atom. The van der Waals surface area contributed by atoms with Crippen molar-refractivity contribution < 1.29 is 4.79 Å². The van der Waals surface area contributed by atoms with Crippen LogP contribution in [0.25, 0.3) is 5.69 Å². The Labute approximate surface area is 130 Å². The highest BCUT2D eigenvalue weighted by molar-refractivity contribution is 5.79. The Morgan fingerprint density at radius 2 is 2.09 bits per heavy atom. The van der Waals surface area contributed by atoms with Crippen LogP contribution in [0, 0.1) is 11.8 Å². The van der Waals surface area contributed by atoms with Gasteiger partial charge in [0.1, 0.15) is 0 Å². The molecule has 1 fully saturated rings. The lowest BCUT2D eigenvalue weighted by atomic mass is 9.88. The minimum Gasteiger partial charge on any atom is -0.349 e. The van der Waals surface area contributed by atoms with Gasteiger partial charge >= 0.3 is 0 Å². The molecule has 0 spiro atoms. The van der Waals surface area contributed by atoms with E-state index in [1.807, 2.05) is 55.1 Å². The summed E-state index contributed by atoms with van der Waals surface area (Å²) in [6, 6.07) is 9.87. The molecule has 1 aromatic carbocycles. The van der Waals surface area contributed by atoms with E-state index < -0.39 is 0 Å². The van der Waals surface area contributed by atoms with Gasteiger partial charge in [0, 0.05) is 18.3 Å². The number of aromatic nitrogens is 2. The third-order valence-electron chi connectivity index (χ3n) is 4.45. The van der Waals surface area contributed by atoms with Gasteiger partial charge in [-0.1, -0.05) is 25.1 Å². The van der Waals surface area contributed by atoms with Crippen LogP contribution in [0.3, 0.4) is 0 Å². The van der Waals surface area contributed by atoms with E-state index in [4.69, 9.17) is 0 Å². The van der Waals surface area contributed by atoms with Crippen molar-refractivity contribution in [3.05, 3.63) is 48.3 Å². The minimum absolute atomic E-state index is 0.0422. The van der Waals surface area contributed by atoms with Crippen LogP contribution in [-0.4, -0.2) is 28.8 Å². The second-order valence-corrected chi connectivity index (χ2v) is 5.95. The Balaban J connectivity index is 1.75. The van der Waals surface area contributed by atoms with Crippen LogP contribution >= 0.6 is 0 Å². The lowest BCUT2D eigenvalue weighted by Gasteiger charge is -2.32. The number of carbonyl (C=O) groups is 1. The molecule has 5 nitrogen and oxygen atoms in total. The zero-order chi connectivity index (χ0) is 15.5. The average molecular weight is 298 g/mol. The van der Waals surface area contributed by atoms with Crippen LogP contribution in [0.2, 0.25) is 0 Å². The van der Waals surface area contributed by atoms with E-state index in [0.29, 0.717) is 5.92 Å². The van der Waals surface area contributed by atoms with Crippen molar-refractivity contribution in [2.24, 2.45) is 11.8 Å². The number of rotatable bonds is 5. The monoisotopic (exact) mass is 298 g/mol. The quantitative estimate of drug-likeness (QED) is 0.886. The van der Waals surface area contributed by atoms with Crippen molar-refractivity contribution >= 4 is 5.91 Å². The maximum Gasteiger partial charge on any atom is 0.223 e. The number of para-hydroxylation sites is 1. The maximum absolute atomic E-state index is 12.4. The third kappa shape index (κ3) is 2.90. The molecule has 0 radical (unpaired) electrons. The van der Waals surface area contributed by atoms with Crippen molar-refractivity contribution in [2.75, 3.05) is 13.1 Å². The maximum atomic E-state index is 12.4. The van der Waals surface area contributed by atoms with E-state index >= 15 is 0 Å². The second kappa shape index (κ2) is 6.32. The average Bonchev–Trinajstić information content (AvgIpc) is 2.99. The second-order valence-electron chi connectivity index (χ2n) is 5.95. The van der Waals surface area contributed by atoms with Gasteiger partial charge < -0.3 is 10.6 Å². The van der Waals surface area contributed by atoms with Crippen LogP contribution in [0.5, 0.6) is 0 Å². The summed E-state index contributed by atoms with van der Waals surface area (Å²) in [5, 5.41) is 10.6. The molecule has 1 amide bonds. The van der Waals surface area contributed by atoms with Gasteiger partial charge in [0.2, 0.25) is 5.91 Å². The Kier molecular flexibility index (Phi) is 4.24. The van der Waals surface area contributed by atoms with Crippen LogP contribution in [0.4, 0.5) is 0 Å². The fourth-order valence-electron chi connectivity index (χ4n) is 2.77. The zero-order valence-electron chi connectivity index (χ0n) is 13.0. The van der Waals surface area contributed by atoms with E-state index in [-0.39, 0.29) is 17.9 Å². The van der Waals surface area contributed by atoms with Gasteiger partial charge in [0.05, 0.1) is 11.7 Å². The molecule has 2 aromatic rings. The number of benzene rings is 1. The fourth-order valence-corrected chi connectivity index (χ4v) is 2.77. The first-order chi connectivity index (χ1) is 10.7. The normalized spacial score (nSPS) is 17.5. The Hall–Kier alpha value is -2.14. The van der Waals surface area contributed by atoms with Crippen molar-refractivity contribution in [3.8, 4) is 5.69 Å². The lowest BCUT2D eigenvalue weighted by molar-refractivity contribution is -0.127. The van der Waals surface area contributed by atoms with Crippen molar-refractivity contribution in [1.82, 2.24) is 20.4 Å². The molecule has 1 saturated heterocycles. The first-order valence-electron chi connectivity index (χ1n) is 7.77. The summed E-state index contributed by atoms with van der Waals surface area (Å²) in [7, 11) is 0. The van der Waals surface area contributed by atoms with Gasteiger partial charge in [0.25, 0.3) is 0 Å². The molecule has 2 heterocycles. The van der Waals surface area contributed by atoms with E-state index in [1.165, 1.54) is 0 Å². The summed E-state index contributed by atoms with van der Waals surface area (Å²) >= 11 is 0. The van der Waals surface area contributed by atoms with Crippen LogP contribution in [-0.2, 0) is 4.79 Å². The molecule has 5 heteroatoms. The Morgan fingerprint density at radius 3 is 2.73 bits per heavy atom. The van der Waals surface area contributed by atoms with E-state index in [1.54, 1.807) is 6.20 Å². The molecule has 2 N–H and O–H groups in total. The van der Waals surface area contributed by atoms with E-state index in [9.17, 15) is 4.79 Å². The van der Waals surface area contributed by atoms with Crippen LogP contribution in [0.1, 0.15) is 25.5 Å². The van der Waals surface area contributed by atoms with Gasteiger partial charge in [-0.3, -0.25) is 4.79 Å². The number of amides is 1. The standard InChI is InChI=1S/C17H22N4O/c1-12(14-10-18-11-14)17(22)20-13(2)15-6-3-4-7-16(15)21-9-5-8-19-21/h3-9,12-14,18H,10-11H2,1-2H3,(H,20,22). The minimum atomic E-state index is -0.0524. The molecule has 116 valence electrons. The molecule has 3 rings (SSSR count). The molecule has 0 saturated carbocycles. The highest BCUT2D eigenvalue weighted by atomic mass is 16.1. The van der Waals surface area contributed by atoms with Gasteiger partial charge in [-0.25, -0.2) is 4.68 Å². The number of nitrogens with one attached hydrogen (secondary N) is 2. The highest BCUT2D eigenvalue weighted by Crippen LogP contribution is 2.23. The van der Waals surface area contributed by atoms with Crippen LogP contribution < -0.4 is 10.6 Å². The molecule has 1 aromatic heterocycles. The van der Waals surface area contributed by atoms with Gasteiger partial charge in [-0.15, -0.1) is 0 Å². The first-order valence-corrected chi connectivity index (χ1v) is 7.77. The van der Waals surface area contributed by atoms with Gasteiger partial charge in [-0.2, -0.15) is 5.10 Å². The molecular weight excluding hydrogens is 276 g/mol. The zero-order valence-corrected chi connectivity index (χ0v) is 13.0. The topological polar surface area (TPSA) is 59.0 Å². The molecule has 1 aliphatic rings. The van der Waals surface area contributed by atoms with Crippen molar-refractivity contribution in [3.63, 3.8) is 0 Å². The smallest absolute Gasteiger partial charge is 0.223 e. The number of nitrogens with zero attached hydrogens (tertiary/aromatic N) is 2. The molecule has 0 aliphatic carbocycles. The molecule has 1 aliphatic heterocycles. The predicted octanol–water partition coefficient (Wildman–Crippen LogP) is 1.90. The molecule has 2 unspecified atom stereocenters. The first kappa shape index (κ1) is 14.8. The summed E-state index contributed by atoms with van der Waals surface area (Å²) in [6.07, 6.45) is 3.67. The molecule has 2 atom stereocenters. The molecule has 0 bridgehead atoms. The summed E-state index contributed by atoms with van der Waals surface area (Å²) < 4.78 is 1.83. The van der Waals surface area contributed by atoms with Gasteiger partial charge in [0.15, 0.2) is 0 Å². The lowest BCUT2D eigenvalue weighted by Crippen LogP contribution is -2.49. The molecule has 22 heavy (non-hydrogen) atoms. The van der Waals surface area contributed by atoms with Crippen molar-refractivity contribution in [1.29, 1.82) is 0 Å². The SMILES string of the molecule is CC(NC(=O)C(C)C1CNC1)c1ccccc1-n1cccn1. The summed E-state index contributed by atoms with van der Waals surface area (Å²) in [5.74, 6) is 0.614. The summed E-state index contributed by atoms with van der Waals surface area (Å²) in [6.45, 7) is 5.90. The number of hydrogen-bond donors (Lipinski definition) is 2. The van der Waals surface area contributed by atoms with Crippen LogP contribution in [0.15, 0.2) is 42.7 Å². The Bertz CT molecular complexity index is 634. The van der Waals surface area contributed by atoms with E-state index in [0.717, 1.165) is 24.3 Å². The third-order valence-corrected chi connectivity index (χ3v) is 4.45. The van der Waals surface area contributed by atoms with E-state index in [2.05, 4.69) is 15.7 Å². The fraction of sp³-hybridized carbons (Fsp3) is 0.412. The number of hydrogen-bond acceptors (Lipinski definition) is 3. The van der Waals surface area contributed by atoms with Crippen molar-refractivity contribution in [2.45, 2.75) is 19.9 Å². The highest BCUT2D eigenvalue weighted by Gasteiger charge is 2.29. The summed E-state index contributed by atoms with van der Waals surface area (Å²) in [4.78, 5) is 12.4.